The summed E-state index contributed by atoms with van der Waals surface area (Å²) >= 11 is 0. The Morgan fingerprint density at radius 3 is 3.12 bits per heavy atom. The first-order valence-corrected chi connectivity index (χ1v) is 9.50. The molecule has 1 atom stereocenters. The highest BCUT2D eigenvalue weighted by Gasteiger charge is 2.21. The Bertz CT molecular complexity index is 568. The number of rotatable bonds is 7. The molecule has 2 aliphatic heterocycles. The van der Waals surface area contributed by atoms with Crippen molar-refractivity contribution in [2.75, 3.05) is 39.9 Å². The maximum absolute atomic E-state index is 12.2. The Morgan fingerprint density at radius 1 is 1.48 bits per heavy atom. The smallest absolute Gasteiger partial charge is 0.317 e. The van der Waals surface area contributed by atoms with Crippen LogP contribution in [0.5, 0.6) is 0 Å². The summed E-state index contributed by atoms with van der Waals surface area (Å²) in [5, 5.41) is 7.62. The van der Waals surface area contributed by atoms with E-state index >= 15 is 0 Å². The molecule has 140 valence electrons. The predicted octanol–water partition coefficient (Wildman–Crippen LogP) is 1.68. The minimum absolute atomic E-state index is 0.0394. The number of nitrogens with zero attached hydrogens (tertiary/aromatic N) is 4. The highest BCUT2D eigenvalue weighted by atomic mass is 16.5. The summed E-state index contributed by atoms with van der Waals surface area (Å²) in [6, 6.07) is 2.09. The van der Waals surface area contributed by atoms with Crippen LogP contribution in [0.3, 0.4) is 0 Å². The zero-order valence-corrected chi connectivity index (χ0v) is 15.5. The Morgan fingerprint density at radius 2 is 2.36 bits per heavy atom. The summed E-state index contributed by atoms with van der Waals surface area (Å²) < 4.78 is 7.46. The second-order valence-corrected chi connectivity index (χ2v) is 7.25. The molecular formula is C18H31N5O2. The van der Waals surface area contributed by atoms with E-state index in [9.17, 15) is 4.79 Å². The van der Waals surface area contributed by atoms with Gasteiger partial charge in [0.1, 0.15) is 0 Å². The Balaban J connectivity index is 1.46. The maximum Gasteiger partial charge on any atom is 0.317 e. The van der Waals surface area contributed by atoms with Crippen LogP contribution < -0.4 is 5.32 Å². The van der Waals surface area contributed by atoms with Crippen LogP contribution in [0.1, 0.15) is 37.6 Å². The van der Waals surface area contributed by atoms with Crippen molar-refractivity contribution in [3.8, 4) is 0 Å². The molecular weight excluding hydrogens is 318 g/mol. The van der Waals surface area contributed by atoms with Crippen LogP contribution in [0.15, 0.2) is 6.07 Å². The summed E-state index contributed by atoms with van der Waals surface area (Å²) in [6.45, 7) is 9.16. The van der Waals surface area contributed by atoms with Gasteiger partial charge in [-0.05, 0) is 25.5 Å². The molecule has 0 aromatic carbocycles. The molecule has 0 aliphatic carbocycles. The first-order valence-electron chi connectivity index (χ1n) is 9.50. The van der Waals surface area contributed by atoms with Crippen molar-refractivity contribution >= 4 is 6.03 Å². The predicted molar refractivity (Wildman–Crippen MR) is 96.2 cm³/mol. The second-order valence-electron chi connectivity index (χ2n) is 7.25. The molecule has 1 aromatic rings. The molecule has 1 fully saturated rings. The van der Waals surface area contributed by atoms with Gasteiger partial charge in [-0.15, -0.1) is 0 Å². The SMILES string of the molecule is CCCCN1CCn2nc(CNC(=O)N(C)CC3CCOC3)cc2C1. The van der Waals surface area contributed by atoms with Crippen molar-refractivity contribution in [3.05, 3.63) is 17.5 Å². The third-order valence-corrected chi connectivity index (χ3v) is 5.08. The van der Waals surface area contributed by atoms with Crippen molar-refractivity contribution in [1.29, 1.82) is 0 Å². The lowest BCUT2D eigenvalue weighted by Gasteiger charge is -2.27. The monoisotopic (exact) mass is 349 g/mol. The van der Waals surface area contributed by atoms with Crippen LogP contribution in [-0.2, 0) is 24.4 Å². The number of aromatic nitrogens is 2. The first kappa shape index (κ1) is 18.2. The van der Waals surface area contributed by atoms with Gasteiger partial charge in [-0.25, -0.2) is 4.79 Å². The number of carbonyl (C=O) groups excluding carboxylic acids is 1. The van der Waals surface area contributed by atoms with Crippen LogP contribution in [0.4, 0.5) is 4.79 Å². The van der Waals surface area contributed by atoms with E-state index in [2.05, 4.69) is 33.0 Å². The summed E-state index contributed by atoms with van der Waals surface area (Å²) in [7, 11) is 1.84. The van der Waals surface area contributed by atoms with E-state index < -0.39 is 0 Å². The standard InChI is InChI=1S/C18H31N5O2/c1-3-4-6-22-7-8-23-17(13-22)10-16(20-23)11-19-18(24)21(2)12-15-5-9-25-14-15/h10,15H,3-9,11-14H2,1-2H3,(H,19,24). The van der Waals surface area contributed by atoms with E-state index in [0.717, 1.165) is 58.1 Å². The largest absolute Gasteiger partial charge is 0.381 e. The molecule has 0 radical (unpaired) electrons. The van der Waals surface area contributed by atoms with Crippen LogP contribution >= 0.6 is 0 Å². The number of hydrogen-bond donors (Lipinski definition) is 1. The average Bonchev–Trinajstić information content (AvgIpc) is 3.26. The number of nitrogens with one attached hydrogen (secondary N) is 1. The molecule has 0 spiro atoms. The molecule has 1 saturated heterocycles. The summed E-state index contributed by atoms with van der Waals surface area (Å²) in [5.41, 5.74) is 2.20. The molecule has 1 unspecified atom stereocenters. The van der Waals surface area contributed by atoms with E-state index in [1.54, 1.807) is 4.90 Å². The highest BCUT2D eigenvalue weighted by Crippen LogP contribution is 2.15. The Kier molecular flexibility index (Phi) is 6.31. The minimum atomic E-state index is -0.0394. The number of amides is 2. The number of fused-ring (bicyclic) bond motifs is 1. The lowest BCUT2D eigenvalue weighted by atomic mass is 10.1. The van der Waals surface area contributed by atoms with Gasteiger partial charge in [0.25, 0.3) is 0 Å². The lowest BCUT2D eigenvalue weighted by Crippen LogP contribution is -2.39. The Hall–Kier alpha value is -1.60. The molecule has 3 rings (SSSR count). The molecule has 7 nitrogen and oxygen atoms in total. The van der Waals surface area contributed by atoms with Gasteiger partial charge in [0, 0.05) is 39.2 Å². The average molecular weight is 349 g/mol. The van der Waals surface area contributed by atoms with Gasteiger partial charge in [0.15, 0.2) is 0 Å². The van der Waals surface area contributed by atoms with Crippen molar-refractivity contribution in [1.82, 2.24) is 24.9 Å². The number of ether oxygens (including phenoxy) is 1. The van der Waals surface area contributed by atoms with Crippen LogP contribution in [0.2, 0.25) is 0 Å². The van der Waals surface area contributed by atoms with E-state index in [1.165, 1.54) is 18.5 Å². The molecule has 7 heteroatoms. The van der Waals surface area contributed by atoms with Crippen LogP contribution in [0, 0.1) is 5.92 Å². The van der Waals surface area contributed by atoms with Crippen LogP contribution in [-0.4, -0.2) is 65.5 Å². The van der Waals surface area contributed by atoms with Gasteiger partial charge in [-0.1, -0.05) is 13.3 Å². The molecule has 1 N–H and O–H groups in total. The maximum atomic E-state index is 12.2. The highest BCUT2D eigenvalue weighted by molar-refractivity contribution is 5.73. The molecule has 0 saturated carbocycles. The molecule has 1 aromatic heterocycles. The van der Waals surface area contributed by atoms with Gasteiger partial charge >= 0.3 is 6.03 Å². The van der Waals surface area contributed by atoms with Gasteiger partial charge in [-0.2, -0.15) is 5.10 Å². The molecule has 3 heterocycles. The third kappa shape index (κ3) is 4.95. The normalized spacial score (nSPS) is 20.5. The Labute approximate surface area is 150 Å². The van der Waals surface area contributed by atoms with Crippen molar-refractivity contribution < 1.29 is 9.53 Å². The fourth-order valence-corrected chi connectivity index (χ4v) is 3.54. The van der Waals surface area contributed by atoms with Gasteiger partial charge < -0.3 is 15.0 Å². The summed E-state index contributed by atoms with van der Waals surface area (Å²) in [5.74, 6) is 0.463. The van der Waals surface area contributed by atoms with Crippen molar-refractivity contribution in [2.24, 2.45) is 5.92 Å². The molecule has 2 amide bonds. The first-order chi connectivity index (χ1) is 12.2. The zero-order valence-electron chi connectivity index (χ0n) is 15.5. The summed E-state index contributed by atoms with van der Waals surface area (Å²) in [4.78, 5) is 16.5. The van der Waals surface area contributed by atoms with E-state index in [1.807, 2.05) is 7.05 Å². The van der Waals surface area contributed by atoms with Crippen LogP contribution in [0.25, 0.3) is 0 Å². The van der Waals surface area contributed by atoms with Gasteiger partial charge in [0.05, 0.1) is 31.1 Å². The minimum Gasteiger partial charge on any atom is -0.381 e. The molecule has 25 heavy (non-hydrogen) atoms. The van der Waals surface area contributed by atoms with E-state index in [4.69, 9.17) is 4.74 Å². The number of hydrogen-bond acceptors (Lipinski definition) is 4. The molecule has 2 aliphatic rings. The third-order valence-electron chi connectivity index (χ3n) is 5.08. The quantitative estimate of drug-likeness (QED) is 0.813. The number of carbonyl (C=O) groups is 1. The number of unbranched alkanes of at least 4 members (excludes halogenated alkanes) is 1. The van der Waals surface area contributed by atoms with Gasteiger partial charge in [-0.3, -0.25) is 9.58 Å². The second kappa shape index (κ2) is 8.67. The fourth-order valence-electron chi connectivity index (χ4n) is 3.54. The summed E-state index contributed by atoms with van der Waals surface area (Å²) in [6.07, 6.45) is 3.52. The van der Waals surface area contributed by atoms with E-state index in [0.29, 0.717) is 12.5 Å². The number of urea groups is 1. The van der Waals surface area contributed by atoms with Crippen molar-refractivity contribution in [3.63, 3.8) is 0 Å². The topological polar surface area (TPSA) is 62.6 Å². The van der Waals surface area contributed by atoms with Gasteiger partial charge in [0.2, 0.25) is 0 Å². The fraction of sp³-hybridized carbons (Fsp3) is 0.778. The lowest BCUT2D eigenvalue weighted by molar-refractivity contribution is 0.171. The zero-order chi connectivity index (χ0) is 17.6. The van der Waals surface area contributed by atoms with E-state index in [-0.39, 0.29) is 6.03 Å². The molecule has 0 bridgehead atoms. The van der Waals surface area contributed by atoms with Crippen molar-refractivity contribution in [2.45, 2.75) is 45.8 Å².